The van der Waals surface area contributed by atoms with Crippen molar-refractivity contribution in [2.75, 3.05) is 13.7 Å². The number of methoxy groups -OCH3 is 1. The number of ether oxygens (including phenoxy) is 3. The molecule has 0 aliphatic rings. The fraction of sp³-hybridized carbons (Fsp3) is 0.121. The van der Waals surface area contributed by atoms with Crippen LogP contribution in [0.25, 0.3) is 33.5 Å². The second-order valence-electron chi connectivity index (χ2n) is 9.77. The van der Waals surface area contributed by atoms with E-state index in [9.17, 15) is 14.9 Å². The summed E-state index contributed by atoms with van der Waals surface area (Å²) in [5.74, 6) is 1.12. The molecule has 0 spiro atoms. The molecule has 2 heterocycles. The smallest absolute Gasteiger partial charge is 0.315 e. The molecule has 4 aromatic carbocycles. The third-order valence-electron chi connectivity index (χ3n) is 6.89. The van der Waals surface area contributed by atoms with Crippen molar-refractivity contribution in [3.8, 4) is 28.8 Å². The lowest BCUT2D eigenvalue weighted by molar-refractivity contribution is -0.386. The van der Waals surface area contributed by atoms with Crippen molar-refractivity contribution in [1.29, 1.82) is 0 Å². The number of para-hydroxylation sites is 1. The summed E-state index contributed by atoms with van der Waals surface area (Å²) in [6, 6.07) is 23.8. The van der Waals surface area contributed by atoms with Crippen molar-refractivity contribution < 1.29 is 23.6 Å². The largest absolute Gasteiger partial charge is 0.496 e. The highest BCUT2D eigenvalue weighted by atomic mass is 35.5. The van der Waals surface area contributed by atoms with E-state index in [-0.39, 0.29) is 42.0 Å². The van der Waals surface area contributed by atoms with E-state index >= 15 is 0 Å². The zero-order valence-corrected chi connectivity index (χ0v) is 24.9. The van der Waals surface area contributed by atoms with Crippen LogP contribution in [0.2, 0.25) is 5.02 Å². The van der Waals surface area contributed by atoms with Crippen molar-refractivity contribution in [2.24, 2.45) is 5.10 Å². The number of nitrogens with zero attached hydrogens (tertiary/aromatic N) is 4. The van der Waals surface area contributed by atoms with Gasteiger partial charge < -0.3 is 18.6 Å². The van der Waals surface area contributed by atoms with Gasteiger partial charge >= 0.3 is 5.69 Å². The van der Waals surface area contributed by atoms with Crippen LogP contribution in [0.3, 0.4) is 0 Å². The molecule has 6 aromatic rings. The number of benzene rings is 4. The lowest BCUT2D eigenvalue weighted by Crippen LogP contribution is -2.20. The Bertz CT molecular complexity index is 2140. The lowest BCUT2D eigenvalue weighted by Gasteiger charge is -2.13. The van der Waals surface area contributed by atoms with Crippen molar-refractivity contribution >= 4 is 45.4 Å². The molecule has 0 amide bonds. The van der Waals surface area contributed by atoms with Gasteiger partial charge in [-0.25, -0.2) is 4.98 Å². The molecule has 0 radical (unpaired) electrons. The second-order valence-corrected chi connectivity index (χ2v) is 10.2. The van der Waals surface area contributed by atoms with Gasteiger partial charge in [-0.3, -0.25) is 14.9 Å². The van der Waals surface area contributed by atoms with Gasteiger partial charge in [-0.05, 0) is 61.0 Å². The van der Waals surface area contributed by atoms with Crippen LogP contribution in [0.5, 0.6) is 17.2 Å². The number of rotatable bonds is 10. The molecule has 0 aliphatic carbocycles. The van der Waals surface area contributed by atoms with Crippen LogP contribution < -0.4 is 19.8 Å². The van der Waals surface area contributed by atoms with E-state index in [0.29, 0.717) is 38.2 Å². The van der Waals surface area contributed by atoms with Crippen LogP contribution in [0.15, 0.2) is 99.2 Å². The zero-order valence-electron chi connectivity index (χ0n) is 24.1. The zero-order chi connectivity index (χ0) is 31.5. The van der Waals surface area contributed by atoms with E-state index in [4.69, 9.17) is 30.2 Å². The van der Waals surface area contributed by atoms with E-state index in [1.54, 1.807) is 92.9 Å². The molecule has 0 aliphatic heterocycles. The van der Waals surface area contributed by atoms with Crippen LogP contribution in [-0.4, -0.2) is 34.5 Å². The maximum atomic E-state index is 13.7. The third-order valence-corrected chi connectivity index (χ3v) is 7.14. The highest BCUT2D eigenvalue weighted by Gasteiger charge is 2.23. The molecule has 0 unspecified atom stereocenters. The SMILES string of the molecule is CCOc1cc(C=Nn2c(-c3cc4c(OC)cccc4o3)nc3ccccc3c2=O)cc([N+](=O)[O-])c1OCc1ccc(Cl)cc1. The number of furan rings is 1. The van der Waals surface area contributed by atoms with Gasteiger partial charge in [0.2, 0.25) is 11.6 Å². The number of nitro benzene ring substituents is 1. The number of halogens is 1. The summed E-state index contributed by atoms with van der Waals surface area (Å²) in [7, 11) is 1.56. The molecule has 0 N–H and O–H groups in total. The van der Waals surface area contributed by atoms with Crippen molar-refractivity contribution in [2.45, 2.75) is 13.5 Å². The van der Waals surface area contributed by atoms with Gasteiger partial charge in [-0.2, -0.15) is 9.78 Å². The highest BCUT2D eigenvalue weighted by Crippen LogP contribution is 2.39. The van der Waals surface area contributed by atoms with Crippen molar-refractivity contribution in [3.05, 3.63) is 122 Å². The number of aromatic nitrogens is 2. The lowest BCUT2D eigenvalue weighted by atomic mass is 10.1. The molecule has 0 bridgehead atoms. The molecule has 0 saturated carbocycles. The van der Waals surface area contributed by atoms with Gasteiger partial charge in [-0.15, -0.1) is 0 Å². The highest BCUT2D eigenvalue weighted by molar-refractivity contribution is 6.30. The van der Waals surface area contributed by atoms with Crippen molar-refractivity contribution in [3.63, 3.8) is 0 Å². The van der Waals surface area contributed by atoms with Crippen LogP contribution in [0.4, 0.5) is 5.69 Å². The average Bonchev–Trinajstić information content (AvgIpc) is 3.49. The van der Waals surface area contributed by atoms with E-state index in [0.717, 1.165) is 10.2 Å². The van der Waals surface area contributed by atoms with Gasteiger partial charge in [0.25, 0.3) is 5.56 Å². The standard InChI is InChI=1S/C33H25ClN4O7/c1-3-43-29-16-21(15-26(38(40)41)31(29)44-19-20-11-13-22(34)14-12-20)18-35-37-32(36-25-8-5-4-7-23(25)33(37)39)30-17-24-27(42-2)9-6-10-28(24)45-30/h4-18H,3,19H2,1-2H3. The first kappa shape index (κ1) is 29.4. The maximum absolute atomic E-state index is 13.7. The maximum Gasteiger partial charge on any atom is 0.315 e. The second kappa shape index (κ2) is 12.5. The summed E-state index contributed by atoms with van der Waals surface area (Å²) in [4.78, 5) is 30.0. The first-order chi connectivity index (χ1) is 21.9. The van der Waals surface area contributed by atoms with Gasteiger partial charge in [0.1, 0.15) is 17.9 Å². The van der Waals surface area contributed by atoms with E-state index in [1.165, 1.54) is 12.3 Å². The predicted molar refractivity (Wildman–Crippen MR) is 171 cm³/mol. The molecule has 12 heteroatoms. The topological polar surface area (TPSA) is 131 Å². The summed E-state index contributed by atoms with van der Waals surface area (Å²) < 4.78 is 24.2. The van der Waals surface area contributed by atoms with Gasteiger partial charge in [-0.1, -0.05) is 41.9 Å². The Morgan fingerprint density at radius 3 is 2.56 bits per heavy atom. The average molecular weight is 625 g/mol. The summed E-state index contributed by atoms with van der Waals surface area (Å²) in [5.41, 5.74) is 1.26. The van der Waals surface area contributed by atoms with Crippen LogP contribution in [0.1, 0.15) is 18.1 Å². The normalized spacial score (nSPS) is 11.4. The molecule has 226 valence electrons. The number of hydrogen-bond donors (Lipinski definition) is 0. The van der Waals surface area contributed by atoms with Gasteiger partial charge in [0.05, 0.1) is 41.1 Å². The Morgan fingerprint density at radius 2 is 1.80 bits per heavy atom. The fourth-order valence-electron chi connectivity index (χ4n) is 4.80. The molecule has 6 rings (SSSR count). The Morgan fingerprint density at radius 1 is 1.00 bits per heavy atom. The quantitative estimate of drug-likeness (QED) is 0.0885. The minimum absolute atomic E-state index is 0.0320. The molecule has 11 nitrogen and oxygen atoms in total. The molecular weight excluding hydrogens is 600 g/mol. The Kier molecular flexibility index (Phi) is 8.17. The minimum atomic E-state index is -0.561. The first-order valence-electron chi connectivity index (χ1n) is 13.8. The predicted octanol–water partition coefficient (Wildman–Crippen LogP) is 7.24. The first-order valence-corrected chi connectivity index (χ1v) is 14.2. The minimum Gasteiger partial charge on any atom is -0.496 e. The summed E-state index contributed by atoms with van der Waals surface area (Å²) in [5, 5.41) is 18.2. The molecule has 0 fully saturated rings. The van der Waals surface area contributed by atoms with E-state index in [2.05, 4.69) is 10.1 Å². The molecule has 0 atom stereocenters. The number of nitro groups is 1. The van der Waals surface area contributed by atoms with Crippen LogP contribution in [0, 0.1) is 10.1 Å². The van der Waals surface area contributed by atoms with Crippen LogP contribution in [-0.2, 0) is 6.61 Å². The fourth-order valence-corrected chi connectivity index (χ4v) is 4.93. The van der Waals surface area contributed by atoms with E-state index < -0.39 is 10.5 Å². The van der Waals surface area contributed by atoms with Gasteiger partial charge in [0.15, 0.2) is 11.5 Å². The number of fused-ring (bicyclic) bond motifs is 2. The molecule has 0 saturated heterocycles. The van der Waals surface area contributed by atoms with Crippen molar-refractivity contribution in [1.82, 2.24) is 9.66 Å². The van der Waals surface area contributed by atoms with E-state index in [1.807, 2.05) is 0 Å². The van der Waals surface area contributed by atoms with Gasteiger partial charge in [0, 0.05) is 16.7 Å². The summed E-state index contributed by atoms with van der Waals surface area (Å²) in [6.07, 6.45) is 1.32. The Balaban J connectivity index is 1.45. The third kappa shape index (κ3) is 5.93. The number of hydrogen-bond acceptors (Lipinski definition) is 9. The molecule has 2 aromatic heterocycles. The Hall–Kier alpha value is -5.68. The monoisotopic (exact) mass is 624 g/mol. The summed E-state index contributed by atoms with van der Waals surface area (Å²) >= 11 is 5.97. The molecule has 45 heavy (non-hydrogen) atoms. The summed E-state index contributed by atoms with van der Waals surface area (Å²) in [6.45, 7) is 2.03. The Labute approximate surface area is 261 Å². The van der Waals surface area contributed by atoms with Crippen LogP contribution >= 0.6 is 11.6 Å². The molecular formula is C33H25ClN4O7.